The maximum atomic E-state index is 13.0. The fourth-order valence-electron chi connectivity index (χ4n) is 3.96. The standard InChI is InChI=1S/C25H21ClN4O2S/c26-18-4-3-5-20(16-18)29-12-14-30(15-13-29)25(32)17-8-10-19(11-9-17)27-24(31)23-21-6-1-2-7-22(21)33-28-23/h1-11,16H,12-15H2,(H,27,31). The molecule has 4 aromatic rings. The van der Waals surface area contributed by atoms with Crippen LogP contribution >= 0.6 is 23.1 Å². The summed E-state index contributed by atoms with van der Waals surface area (Å²) < 4.78 is 5.26. The number of nitrogens with one attached hydrogen (secondary N) is 1. The number of piperazine rings is 1. The Morgan fingerprint density at radius 3 is 2.42 bits per heavy atom. The molecular weight excluding hydrogens is 456 g/mol. The molecule has 0 bridgehead atoms. The third-order valence-electron chi connectivity index (χ3n) is 5.72. The van der Waals surface area contributed by atoms with E-state index in [2.05, 4.69) is 14.6 Å². The van der Waals surface area contributed by atoms with Crippen molar-refractivity contribution in [2.24, 2.45) is 0 Å². The summed E-state index contributed by atoms with van der Waals surface area (Å²) in [6.07, 6.45) is 0. The minimum Gasteiger partial charge on any atom is -0.368 e. The third kappa shape index (κ3) is 4.55. The highest BCUT2D eigenvalue weighted by molar-refractivity contribution is 7.13. The van der Waals surface area contributed by atoms with Crippen molar-refractivity contribution in [2.45, 2.75) is 0 Å². The van der Waals surface area contributed by atoms with E-state index in [0.717, 1.165) is 28.9 Å². The Bertz CT molecular complexity index is 1310. The summed E-state index contributed by atoms with van der Waals surface area (Å²) in [4.78, 5) is 29.7. The minimum absolute atomic E-state index is 0.0101. The van der Waals surface area contributed by atoms with Crippen LogP contribution in [0.15, 0.2) is 72.8 Å². The Morgan fingerprint density at radius 2 is 1.67 bits per heavy atom. The van der Waals surface area contributed by atoms with Crippen molar-refractivity contribution in [2.75, 3.05) is 36.4 Å². The molecule has 1 N–H and O–H groups in total. The van der Waals surface area contributed by atoms with Gasteiger partial charge in [-0.25, -0.2) is 0 Å². The maximum absolute atomic E-state index is 13.0. The van der Waals surface area contributed by atoms with Crippen LogP contribution in [0.3, 0.4) is 0 Å². The monoisotopic (exact) mass is 476 g/mol. The number of carbonyl (C=O) groups is 2. The summed E-state index contributed by atoms with van der Waals surface area (Å²) in [6.45, 7) is 2.78. The summed E-state index contributed by atoms with van der Waals surface area (Å²) in [5.41, 5.74) is 2.71. The molecule has 33 heavy (non-hydrogen) atoms. The van der Waals surface area contributed by atoms with Gasteiger partial charge in [0.25, 0.3) is 11.8 Å². The lowest BCUT2D eigenvalue weighted by molar-refractivity contribution is 0.0746. The smallest absolute Gasteiger partial charge is 0.276 e. The zero-order valence-electron chi connectivity index (χ0n) is 17.7. The third-order valence-corrected chi connectivity index (χ3v) is 6.78. The molecule has 0 spiro atoms. The van der Waals surface area contributed by atoms with E-state index in [1.165, 1.54) is 11.5 Å². The molecule has 0 saturated carbocycles. The Balaban J connectivity index is 1.21. The van der Waals surface area contributed by atoms with Gasteiger partial charge in [0.05, 0.1) is 4.70 Å². The summed E-state index contributed by atoms with van der Waals surface area (Å²) in [5, 5.41) is 4.42. The Morgan fingerprint density at radius 1 is 0.909 bits per heavy atom. The number of fused-ring (bicyclic) bond motifs is 1. The molecular formula is C25H21ClN4O2S. The van der Waals surface area contributed by atoms with Crippen molar-refractivity contribution in [3.63, 3.8) is 0 Å². The summed E-state index contributed by atoms with van der Waals surface area (Å²) >= 11 is 7.41. The van der Waals surface area contributed by atoms with Crippen molar-refractivity contribution in [3.8, 4) is 0 Å². The summed E-state index contributed by atoms with van der Waals surface area (Å²) in [6, 6.07) is 22.4. The number of amides is 2. The van der Waals surface area contributed by atoms with Crippen LogP contribution in [-0.2, 0) is 0 Å². The molecule has 0 unspecified atom stereocenters. The lowest BCUT2D eigenvalue weighted by atomic mass is 10.1. The maximum Gasteiger partial charge on any atom is 0.276 e. The van der Waals surface area contributed by atoms with E-state index in [0.29, 0.717) is 35.1 Å². The van der Waals surface area contributed by atoms with Gasteiger partial charge in [0.1, 0.15) is 5.69 Å². The Hall–Kier alpha value is -3.42. The Kier molecular flexibility index (Phi) is 5.98. The summed E-state index contributed by atoms with van der Waals surface area (Å²) in [7, 11) is 0. The van der Waals surface area contributed by atoms with Gasteiger partial charge in [-0.2, -0.15) is 4.37 Å². The molecule has 0 radical (unpaired) electrons. The molecule has 1 fully saturated rings. The van der Waals surface area contributed by atoms with Crippen LogP contribution in [0.5, 0.6) is 0 Å². The van der Waals surface area contributed by atoms with E-state index < -0.39 is 0 Å². The van der Waals surface area contributed by atoms with Crippen molar-refractivity contribution in [1.29, 1.82) is 0 Å². The number of nitrogens with zero attached hydrogens (tertiary/aromatic N) is 3. The summed E-state index contributed by atoms with van der Waals surface area (Å²) in [5.74, 6) is -0.271. The molecule has 2 heterocycles. The second kappa shape index (κ2) is 9.21. The van der Waals surface area contributed by atoms with Gasteiger partial charge in [-0.05, 0) is 60.1 Å². The second-order valence-electron chi connectivity index (χ2n) is 7.82. The highest BCUT2D eigenvalue weighted by atomic mass is 35.5. The largest absolute Gasteiger partial charge is 0.368 e. The van der Waals surface area contributed by atoms with E-state index in [1.54, 1.807) is 24.3 Å². The molecule has 1 aliphatic rings. The zero-order chi connectivity index (χ0) is 22.8. The molecule has 1 saturated heterocycles. The fourth-order valence-corrected chi connectivity index (χ4v) is 4.92. The van der Waals surface area contributed by atoms with E-state index in [1.807, 2.05) is 53.4 Å². The number of aromatic nitrogens is 1. The zero-order valence-corrected chi connectivity index (χ0v) is 19.3. The van der Waals surface area contributed by atoms with Crippen LogP contribution in [0.4, 0.5) is 11.4 Å². The first-order valence-corrected chi connectivity index (χ1v) is 11.8. The first-order valence-electron chi connectivity index (χ1n) is 10.6. The molecule has 3 aromatic carbocycles. The lowest BCUT2D eigenvalue weighted by Crippen LogP contribution is -2.48. The first kappa shape index (κ1) is 21.4. The van der Waals surface area contributed by atoms with Gasteiger partial charge in [0.15, 0.2) is 0 Å². The molecule has 1 aliphatic heterocycles. The topological polar surface area (TPSA) is 65.5 Å². The lowest BCUT2D eigenvalue weighted by Gasteiger charge is -2.36. The quantitative estimate of drug-likeness (QED) is 0.441. The number of anilines is 2. The van der Waals surface area contributed by atoms with Crippen LogP contribution in [0.1, 0.15) is 20.8 Å². The highest BCUT2D eigenvalue weighted by Crippen LogP contribution is 2.24. The van der Waals surface area contributed by atoms with E-state index in [4.69, 9.17) is 11.6 Å². The molecule has 5 rings (SSSR count). The van der Waals surface area contributed by atoms with E-state index in [9.17, 15) is 9.59 Å². The molecule has 166 valence electrons. The van der Waals surface area contributed by atoms with Crippen molar-refractivity contribution in [1.82, 2.24) is 9.27 Å². The van der Waals surface area contributed by atoms with E-state index >= 15 is 0 Å². The second-order valence-corrected chi connectivity index (χ2v) is 9.06. The minimum atomic E-state index is -0.260. The fraction of sp³-hybridized carbons (Fsp3) is 0.160. The predicted molar refractivity (Wildman–Crippen MR) is 134 cm³/mol. The van der Waals surface area contributed by atoms with Gasteiger partial charge in [0, 0.05) is 53.5 Å². The van der Waals surface area contributed by atoms with Crippen LogP contribution in [0.2, 0.25) is 5.02 Å². The highest BCUT2D eigenvalue weighted by Gasteiger charge is 2.22. The molecule has 6 nitrogen and oxygen atoms in total. The molecule has 2 amide bonds. The molecule has 8 heteroatoms. The predicted octanol–water partition coefficient (Wildman–Crippen LogP) is 5.16. The van der Waals surface area contributed by atoms with Gasteiger partial charge >= 0.3 is 0 Å². The number of hydrogen-bond donors (Lipinski definition) is 1. The first-order chi connectivity index (χ1) is 16.1. The normalized spacial score (nSPS) is 13.8. The van der Waals surface area contributed by atoms with Crippen LogP contribution in [0.25, 0.3) is 10.1 Å². The van der Waals surface area contributed by atoms with E-state index in [-0.39, 0.29) is 11.8 Å². The van der Waals surface area contributed by atoms with Gasteiger partial charge in [-0.15, -0.1) is 0 Å². The average Bonchev–Trinajstić information content (AvgIpc) is 3.29. The molecule has 1 aromatic heterocycles. The van der Waals surface area contributed by atoms with Gasteiger partial charge in [0.2, 0.25) is 0 Å². The number of carbonyl (C=O) groups excluding carboxylic acids is 2. The Labute approximate surface area is 200 Å². The average molecular weight is 477 g/mol. The number of benzene rings is 3. The van der Waals surface area contributed by atoms with Crippen LogP contribution in [-0.4, -0.2) is 47.3 Å². The number of halogens is 1. The van der Waals surface area contributed by atoms with Crippen LogP contribution < -0.4 is 10.2 Å². The van der Waals surface area contributed by atoms with Gasteiger partial charge < -0.3 is 15.1 Å². The van der Waals surface area contributed by atoms with Crippen molar-refractivity contribution < 1.29 is 9.59 Å². The van der Waals surface area contributed by atoms with Gasteiger partial charge in [-0.3, -0.25) is 9.59 Å². The SMILES string of the molecule is O=C(Nc1ccc(C(=O)N2CCN(c3cccc(Cl)c3)CC2)cc1)c1nsc2ccccc12. The molecule has 0 atom stereocenters. The van der Waals surface area contributed by atoms with Gasteiger partial charge in [-0.1, -0.05) is 35.9 Å². The number of rotatable bonds is 4. The van der Waals surface area contributed by atoms with Crippen molar-refractivity contribution in [3.05, 3.63) is 89.1 Å². The number of hydrogen-bond acceptors (Lipinski definition) is 5. The molecule has 0 aliphatic carbocycles. The van der Waals surface area contributed by atoms with Crippen molar-refractivity contribution >= 4 is 56.4 Å². The van der Waals surface area contributed by atoms with Crippen LogP contribution in [0, 0.1) is 0 Å².